The molecule has 0 spiro atoms. The van der Waals surface area contributed by atoms with E-state index in [-0.39, 0.29) is 24.3 Å². The summed E-state index contributed by atoms with van der Waals surface area (Å²) in [7, 11) is 0. The van der Waals surface area contributed by atoms with Gasteiger partial charge >= 0.3 is 0 Å². The van der Waals surface area contributed by atoms with Crippen LogP contribution in [0.2, 0.25) is 0 Å². The number of nitrogens with zero attached hydrogens (tertiary/aromatic N) is 1. The number of carbonyl (C=O) groups is 1. The van der Waals surface area contributed by atoms with Crippen molar-refractivity contribution in [2.45, 2.75) is 39.7 Å². The minimum atomic E-state index is -0.0309. The van der Waals surface area contributed by atoms with E-state index < -0.39 is 0 Å². The molecule has 0 radical (unpaired) electrons. The van der Waals surface area contributed by atoms with Crippen LogP contribution < -0.4 is 16.4 Å². The Morgan fingerprint density at radius 1 is 1.47 bits per heavy atom. The molecule has 17 heavy (non-hydrogen) atoms. The molecule has 0 heterocycles. The van der Waals surface area contributed by atoms with Crippen LogP contribution in [0.1, 0.15) is 33.6 Å². The van der Waals surface area contributed by atoms with Crippen LogP contribution in [0, 0.1) is 5.92 Å². The van der Waals surface area contributed by atoms with Gasteiger partial charge in [0.1, 0.15) is 5.84 Å². The maximum absolute atomic E-state index is 11.4. The van der Waals surface area contributed by atoms with Gasteiger partial charge in [-0.15, -0.1) is 0 Å². The Bertz CT molecular complexity index is 254. The van der Waals surface area contributed by atoms with E-state index in [2.05, 4.69) is 15.8 Å². The molecule has 100 valence electrons. The first-order chi connectivity index (χ1) is 7.99. The van der Waals surface area contributed by atoms with E-state index in [4.69, 9.17) is 10.9 Å². The third-order valence-corrected chi connectivity index (χ3v) is 2.34. The maximum Gasteiger partial charge on any atom is 0.233 e. The molecule has 0 aliphatic heterocycles. The summed E-state index contributed by atoms with van der Waals surface area (Å²) in [5.74, 6) is 0.585. The average Bonchev–Trinajstić information content (AvgIpc) is 2.31. The summed E-state index contributed by atoms with van der Waals surface area (Å²) >= 11 is 0. The van der Waals surface area contributed by atoms with Crippen LogP contribution >= 0.6 is 0 Å². The van der Waals surface area contributed by atoms with E-state index >= 15 is 0 Å². The molecule has 1 amide bonds. The Morgan fingerprint density at radius 3 is 2.59 bits per heavy atom. The number of carbonyl (C=O) groups excluding carboxylic acids is 1. The predicted octanol–water partition coefficient (Wildman–Crippen LogP) is 0.263. The summed E-state index contributed by atoms with van der Waals surface area (Å²) in [6.07, 6.45) is 1.25. The molecule has 0 saturated heterocycles. The highest BCUT2D eigenvalue weighted by molar-refractivity contribution is 5.80. The summed E-state index contributed by atoms with van der Waals surface area (Å²) in [5.41, 5.74) is 5.41. The van der Waals surface area contributed by atoms with Crippen LogP contribution in [-0.4, -0.2) is 36.1 Å². The molecular weight excluding hydrogens is 220 g/mol. The van der Waals surface area contributed by atoms with Crippen molar-refractivity contribution < 1.29 is 10.0 Å². The fourth-order valence-corrected chi connectivity index (χ4v) is 1.27. The normalized spacial score (nSPS) is 13.8. The van der Waals surface area contributed by atoms with Crippen LogP contribution in [0.25, 0.3) is 0 Å². The zero-order chi connectivity index (χ0) is 13.3. The second-order valence-corrected chi connectivity index (χ2v) is 4.48. The van der Waals surface area contributed by atoms with Crippen molar-refractivity contribution in [1.29, 1.82) is 0 Å². The standard InChI is InChI=1S/C11H24N4O2/c1-4-9(5-10(12)15-17)13-7-11(16)14-6-8(2)3/h8-9,13,17H,4-7H2,1-3H3,(H2,12,15)(H,14,16). The second-order valence-electron chi connectivity index (χ2n) is 4.48. The first-order valence-corrected chi connectivity index (χ1v) is 5.96. The fraction of sp³-hybridized carbons (Fsp3) is 0.818. The number of oxime groups is 1. The van der Waals surface area contributed by atoms with Gasteiger partial charge in [0, 0.05) is 19.0 Å². The number of hydrogen-bond acceptors (Lipinski definition) is 4. The Kier molecular flexibility index (Phi) is 8.13. The molecule has 0 rings (SSSR count). The smallest absolute Gasteiger partial charge is 0.233 e. The highest BCUT2D eigenvalue weighted by Crippen LogP contribution is 1.97. The quantitative estimate of drug-likeness (QED) is 0.213. The molecule has 0 aromatic carbocycles. The second kappa shape index (κ2) is 8.81. The van der Waals surface area contributed by atoms with Crippen LogP contribution in [0.3, 0.4) is 0 Å². The molecule has 0 bridgehead atoms. The molecule has 0 saturated carbocycles. The van der Waals surface area contributed by atoms with Gasteiger partial charge in [0.2, 0.25) is 5.91 Å². The minimum Gasteiger partial charge on any atom is -0.409 e. The Balaban J connectivity index is 3.86. The summed E-state index contributed by atoms with van der Waals surface area (Å²) in [6.45, 7) is 7.00. The van der Waals surface area contributed by atoms with Crippen LogP contribution in [0.15, 0.2) is 5.16 Å². The SMILES string of the molecule is CCC(CC(N)=NO)NCC(=O)NCC(C)C. The Morgan fingerprint density at radius 2 is 2.12 bits per heavy atom. The van der Waals surface area contributed by atoms with Gasteiger partial charge in [0.05, 0.1) is 6.54 Å². The van der Waals surface area contributed by atoms with E-state index in [1.54, 1.807) is 0 Å². The van der Waals surface area contributed by atoms with Crippen molar-refractivity contribution in [1.82, 2.24) is 10.6 Å². The van der Waals surface area contributed by atoms with Gasteiger partial charge in [-0.25, -0.2) is 0 Å². The Labute approximate surface area is 103 Å². The summed E-state index contributed by atoms with van der Waals surface area (Å²) in [5, 5.41) is 17.3. The lowest BCUT2D eigenvalue weighted by Gasteiger charge is -2.16. The van der Waals surface area contributed by atoms with Crippen molar-refractivity contribution in [3.63, 3.8) is 0 Å². The molecule has 0 aliphatic rings. The average molecular weight is 244 g/mol. The van der Waals surface area contributed by atoms with Crippen molar-refractivity contribution in [2.24, 2.45) is 16.8 Å². The van der Waals surface area contributed by atoms with Crippen LogP contribution in [0.4, 0.5) is 0 Å². The number of hydrogen-bond donors (Lipinski definition) is 4. The third kappa shape index (κ3) is 8.50. The molecule has 1 unspecified atom stereocenters. The highest BCUT2D eigenvalue weighted by Gasteiger charge is 2.10. The molecular formula is C11H24N4O2. The molecule has 0 fully saturated rings. The van der Waals surface area contributed by atoms with Crippen molar-refractivity contribution in [2.75, 3.05) is 13.1 Å². The van der Waals surface area contributed by atoms with Crippen molar-refractivity contribution in [3.8, 4) is 0 Å². The number of amidine groups is 1. The van der Waals surface area contributed by atoms with E-state index in [1.165, 1.54) is 0 Å². The van der Waals surface area contributed by atoms with Gasteiger partial charge in [-0.05, 0) is 12.3 Å². The van der Waals surface area contributed by atoms with E-state index in [0.29, 0.717) is 18.9 Å². The molecule has 6 heteroatoms. The van der Waals surface area contributed by atoms with Gasteiger partial charge in [0.25, 0.3) is 0 Å². The Hall–Kier alpha value is -1.30. The number of nitrogens with one attached hydrogen (secondary N) is 2. The molecule has 5 N–H and O–H groups in total. The first kappa shape index (κ1) is 15.7. The van der Waals surface area contributed by atoms with E-state index in [1.807, 2.05) is 20.8 Å². The van der Waals surface area contributed by atoms with Gasteiger partial charge < -0.3 is 21.6 Å². The largest absolute Gasteiger partial charge is 0.409 e. The van der Waals surface area contributed by atoms with Gasteiger partial charge in [-0.1, -0.05) is 25.9 Å². The lowest BCUT2D eigenvalue weighted by Crippen LogP contribution is -2.41. The maximum atomic E-state index is 11.4. The zero-order valence-corrected chi connectivity index (χ0v) is 10.9. The first-order valence-electron chi connectivity index (χ1n) is 5.96. The molecule has 0 aromatic heterocycles. The van der Waals surface area contributed by atoms with Crippen molar-refractivity contribution in [3.05, 3.63) is 0 Å². The molecule has 6 nitrogen and oxygen atoms in total. The lowest BCUT2D eigenvalue weighted by molar-refractivity contribution is -0.120. The highest BCUT2D eigenvalue weighted by atomic mass is 16.4. The predicted molar refractivity (Wildman–Crippen MR) is 68.0 cm³/mol. The summed E-state index contributed by atoms with van der Waals surface area (Å²) < 4.78 is 0. The van der Waals surface area contributed by atoms with Crippen LogP contribution in [-0.2, 0) is 4.79 Å². The van der Waals surface area contributed by atoms with Gasteiger partial charge in [0.15, 0.2) is 0 Å². The van der Waals surface area contributed by atoms with Gasteiger partial charge in [-0.3, -0.25) is 4.79 Å². The molecule has 1 atom stereocenters. The summed E-state index contributed by atoms with van der Waals surface area (Å²) in [4.78, 5) is 11.4. The fourth-order valence-electron chi connectivity index (χ4n) is 1.27. The zero-order valence-electron chi connectivity index (χ0n) is 10.9. The number of amides is 1. The monoisotopic (exact) mass is 244 g/mol. The molecule has 0 aromatic rings. The third-order valence-electron chi connectivity index (χ3n) is 2.34. The summed E-state index contributed by atoms with van der Waals surface area (Å²) in [6, 6.07) is 0.0516. The van der Waals surface area contributed by atoms with Crippen molar-refractivity contribution >= 4 is 11.7 Å². The minimum absolute atomic E-state index is 0.0309. The molecule has 0 aliphatic carbocycles. The topological polar surface area (TPSA) is 99.7 Å². The van der Waals surface area contributed by atoms with E-state index in [0.717, 1.165) is 6.42 Å². The van der Waals surface area contributed by atoms with Gasteiger partial charge in [-0.2, -0.15) is 0 Å². The lowest BCUT2D eigenvalue weighted by atomic mass is 10.1. The van der Waals surface area contributed by atoms with E-state index in [9.17, 15) is 4.79 Å². The number of nitrogens with two attached hydrogens (primary N) is 1. The number of rotatable bonds is 8. The van der Waals surface area contributed by atoms with Crippen LogP contribution in [0.5, 0.6) is 0 Å².